The number of amides is 1. The summed E-state index contributed by atoms with van der Waals surface area (Å²) in [4.78, 5) is 31.3. The third-order valence-electron chi connectivity index (χ3n) is 4.84. The van der Waals surface area contributed by atoms with Crippen LogP contribution in [0, 0.1) is 0 Å². The third-order valence-corrected chi connectivity index (χ3v) is 5.08. The number of halogens is 1. The van der Waals surface area contributed by atoms with E-state index in [1.165, 1.54) is 24.3 Å². The second-order valence-electron chi connectivity index (χ2n) is 6.65. The van der Waals surface area contributed by atoms with Gasteiger partial charge in [0.05, 0.1) is 24.5 Å². The van der Waals surface area contributed by atoms with Gasteiger partial charge in [0.25, 0.3) is 11.7 Å². The van der Waals surface area contributed by atoms with Crippen molar-refractivity contribution in [3.05, 3.63) is 88.6 Å². The SMILES string of the molecule is COc1ccc(Cl)cc1/C(O)=C1\C(=O)C(=O)N(Cc2cccnc2)C1c1ccco1. The fourth-order valence-corrected chi connectivity index (χ4v) is 3.66. The third kappa shape index (κ3) is 3.44. The van der Waals surface area contributed by atoms with Crippen molar-refractivity contribution in [3.8, 4) is 5.75 Å². The largest absolute Gasteiger partial charge is 0.507 e. The van der Waals surface area contributed by atoms with Crippen molar-refractivity contribution in [1.29, 1.82) is 0 Å². The van der Waals surface area contributed by atoms with Crippen molar-refractivity contribution in [3.63, 3.8) is 0 Å². The maximum atomic E-state index is 13.0. The average molecular weight is 425 g/mol. The van der Waals surface area contributed by atoms with Gasteiger partial charge in [-0.05, 0) is 42.0 Å². The van der Waals surface area contributed by atoms with Crippen molar-refractivity contribution in [1.82, 2.24) is 9.88 Å². The smallest absolute Gasteiger partial charge is 0.296 e. The standard InChI is InChI=1S/C22H17ClN2O5/c1-29-16-7-6-14(23)10-15(16)20(26)18-19(17-5-3-9-30-17)25(22(28)21(18)27)12-13-4-2-8-24-11-13/h2-11,19,26H,12H2,1H3/b20-18+. The molecule has 0 bridgehead atoms. The monoisotopic (exact) mass is 424 g/mol. The van der Waals surface area contributed by atoms with E-state index in [1.807, 2.05) is 0 Å². The zero-order chi connectivity index (χ0) is 21.3. The van der Waals surface area contributed by atoms with Crippen LogP contribution in [-0.4, -0.2) is 33.8 Å². The van der Waals surface area contributed by atoms with Gasteiger partial charge in [-0.1, -0.05) is 17.7 Å². The van der Waals surface area contributed by atoms with E-state index in [-0.39, 0.29) is 23.4 Å². The molecular formula is C22H17ClN2O5. The molecule has 7 nitrogen and oxygen atoms in total. The first-order valence-electron chi connectivity index (χ1n) is 9.06. The lowest BCUT2D eigenvalue weighted by Crippen LogP contribution is -2.29. The van der Waals surface area contributed by atoms with Crippen LogP contribution in [0.25, 0.3) is 5.76 Å². The van der Waals surface area contributed by atoms with E-state index in [9.17, 15) is 14.7 Å². The molecule has 1 fully saturated rings. The number of likely N-dealkylation sites (tertiary alicyclic amines) is 1. The first-order chi connectivity index (χ1) is 14.5. The summed E-state index contributed by atoms with van der Waals surface area (Å²) in [6.45, 7) is 0.118. The number of rotatable bonds is 5. The van der Waals surface area contributed by atoms with Crippen molar-refractivity contribution in [2.75, 3.05) is 7.11 Å². The molecule has 1 N–H and O–H groups in total. The molecule has 2 aromatic heterocycles. The molecule has 3 heterocycles. The lowest BCUT2D eigenvalue weighted by Gasteiger charge is -2.23. The van der Waals surface area contributed by atoms with Crippen LogP contribution in [0.4, 0.5) is 0 Å². The lowest BCUT2D eigenvalue weighted by molar-refractivity contribution is -0.140. The number of aromatic nitrogens is 1. The molecule has 0 saturated carbocycles. The van der Waals surface area contributed by atoms with E-state index in [4.69, 9.17) is 20.8 Å². The minimum absolute atomic E-state index is 0.0978. The van der Waals surface area contributed by atoms with Crippen molar-refractivity contribution in [2.24, 2.45) is 0 Å². The fraction of sp³-hybridized carbons (Fsp3) is 0.136. The summed E-state index contributed by atoms with van der Waals surface area (Å²) in [5, 5.41) is 11.4. The number of hydrogen-bond donors (Lipinski definition) is 1. The molecule has 1 saturated heterocycles. The highest BCUT2D eigenvalue weighted by Crippen LogP contribution is 2.42. The second-order valence-corrected chi connectivity index (χ2v) is 7.08. The second kappa shape index (κ2) is 8.04. The number of furan rings is 1. The fourth-order valence-electron chi connectivity index (χ4n) is 3.48. The first-order valence-corrected chi connectivity index (χ1v) is 9.43. The Labute approximate surface area is 177 Å². The van der Waals surface area contributed by atoms with Gasteiger partial charge < -0.3 is 19.2 Å². The van der Waals surface area contributed by atoms with E-state index < -0.39 is 17.7 Å². The van der Waals surface area contributed by atoms with Crippen LogP contribution < -0.4 is 4.74 Å². The number of aliphatic hydroxyl groups is 1. The van der Waals surface area contributed by atoms with Crippen LogP contribution in [0.3, 0.4) is 0 Å². The van der Waals surface area contributed by atoms with Gasteiger partial charge in [-0.2, -0.15) is 0 Å². The Morgan fingerprint density at radius 3 is 2.77 bits per heavy atom. The van der Waals surface area contributed by atoms with Crippen molar-refractivity contribution >= 4 is 29.1 Å². The number of pyridine rings is 1. The molecule has 0 radical (unpaired) electrons. The number of carbonyl (C=O) groups excluding carboxylic acids is 2. The van der Waals surface area contributed by atoms with Crippen molar-refractivity contribution in [2.45, 2.75) is 12.6 Å². The average Bonchev–Trinajstić information content (AvgIpc) is 3.37. The molecule has 4 rings (SSSR count). The summed E-state index contributed by atoms with van der Waals surface area (Å²) >= 11 is 6.08. The molecule has 1 atom stereocenters. The number of ether oxygens (including phenoxy) is 1. The first kappa shape index (κ1) is 19.7. The summed E-state index contributed by atoms with van der Waals surface area (Å²) in [5.74, 6) is -1.29. The number of hydrogen-bond acceptors (Lipinski definition) is 6. The molecule has 0 aliphatic carbocycles. The summed E-state index contributed by atoms with van der Waals surface area (Å²) in [6.07, 6.45) is 4.67. The molecule has 1 aliphatic rings. The molecule has 1 amide bonds. The van der Waals surface area contributed by atoms with E-state index in [0.29, 0.717) is 16.5 Å². The quantitative estimate of drug-likeness (QED) is 0.378. The summed E-state index contributed by atoms with van der Waals surface area (Å²) < 4.78 is 10.8. The Morgan fingerprint density at radius 2 is 2.10 bits per heavy atom. The number of benzene rings is 1. The molecule has 1 aliphatic heterocycles. The molecule has 1 aromatic carbocycles. The summed E-state index contributed by atoms with van der Waals surface area (Å²) in [6, 6.07) is 10.6. The van der Waals surface area contributed by atoms with Gasteiger partial charge in [-0.3, -0.25) is 14.6 Å². The Balaban J connectivity index is 1.88. The summed E-state index contributed by atoms with van der Waals surface area (Å²) in [7, 11) is 1.44. The van der Waals surface area contributed by atoms with Gasteiger partial charge in [0.2, 0.25) is 0 Å². The molecule has 8 heteroatoms. The Hall–Kier alpha value is -3.58. The Morgan fingerprint density at radius 1 is 1.27 bits per heavy atom. The molecule has 1 unspecified atom stereocenters. The molecule has 0 spiro atoms. The van der Waals surface area contributed by atoms with E-state index in [0.717, 1.165) is 5.56 Å². The van der Waals surface area contributed by atoms with E-state index in [2.05, 4.69) is 4.98 Å². The molecule has 30 heavy (non-hydrogen) atoms. The highest BCUT2D eigenvalue weighted by Gasteiger charge is 2.47. The van der Waals surface area contributed by atoms with E-state index in [1.54, 1.807) is 48.8 Å². The van der Waals surface area contributed by atoms with Gasteiger partial charge in [0.15, 0.2) is 0 Å². The van der Waals surface area contributed by atoms with Crippen LogP contribution in [0.2, 0.25) is 5.02 Å². The van der Waals surface area contributed by atoms with E-state index >= 15 is 0 Å². The number of nitrogens with zero attached hydrogens (tertiary/aromatic N) is 2. The van der Waals surface area contributed by atoms with Gasteiger partial charge in [-0.15, -0.1) is 0 Å². The van der Waals surface area contributed by atoms with Gasteiger partial charge >= 0.3 is 0 Å². The number of methoxy groups -OCH3 is 1. The van der Waals surface area contributed by atoms with Crippen LogP contribution >= 0.6 is 11.6 Å². The Kier molecular flexibility index (Phi) is 5.29. The van der Waals surface area contributed by atoms with Gasteiger partial charge in [0.1, 0.15) is 23.3 Å². The maximum Gasteiger partial charge on any atom is 0.296 e. The Bertz CT molecular complexity index is 1130. The predicted molar refractivity (Wildman–Crippen MR) is 109 cm³/mol. The van der Waals surface area contributed by atoms with Crippen LogP contribution in [-0.2, 0) is 16.1 Å². The zero-order valence-electron chi connectivity index (χ0n) is 15.9. The highest BCUT2D eigenvalue weighted by atomic mass is 35.5. The normalized spacial score (nSPS) is 18.1. The molecular weight excluding hydrogens is 408 g/mol. The maximum absolute atomic E-state index is 13.0. The lowest BCUT2D eigenvalue weighted by atomic mass is 9.98. The van der Waals surface area contributed by atoms with Crippen LogP contribution in [0.15, 0.2) is 71.1 Å². The predicted octanol–water partition coefficient (Wildman–Crippen LogP) is 3.96. The number of Topliss-reactive ketones (excluding diaryl/α,β-unsaturated/α-hetero) is 1. The number of aliphatic hydroxyl groups excluding tert-OH is 1. The topological polar surface area (TPSA) is 92.9 Å². The minimum Gasteiger partial charge on any atom is -0.507 e. The molecule has 152 valence electrons. The highest BCUT2D eigenvalue weighted by molar-refractivity contribution is 6.46. The van der Waals surface area contributed by atoms with Crippen molar-refractivity contribution < 1.29 is 23.8 Å². The number of carbonyl (C=O) groups is 2. The van der Waals surface area contributed by atoms with Crippen LogP contribution in [0.1, 0.15) is 22.9 Å². The molecule has 3 aromatic rings. The van der Waals surface area contributed by atoms with Crippen LogP contribution in [0.5, 0.6) is 5.75 Å². The van der Waals surface area contributed by atoms with Gasteiger partial charge in [0, 0.05) is 24.0 Å². The zero-order valence-corrected chi connectivity index (χ0v) is 16.7. The number of ketones is 1. The summed E-state index contributed by atoms with van der Waals surface area (Å²) in [5.41, 5.74) is 0.844. The van der Waals surface area contributed by atoms with Gasteiger partial charge in [-0.25, -0.2) is 0 Å². The minimum atomic E-state index is -0.913.